The van der Waals surface area contributed by atoms with Gasteiger partial charge in [-0.15, -0.1) is 0 Å². The van der Waals surface area contributed by atoms with Crippen LogP contribution in [0.3, 0.4) is 0 Å². The minimum atomic E-state index is 0.252. The molecule has 0 aliphatic carbocycles. The molecule has 0 fully saturated rings. The molecule has 0 aromatic heterocycles. The summed E-state index contributed by atoms with van der Waals surface area (Å²) in [4.78, 5) is 0. The molecule has 0 saturated carbocycles. The first-order valence-electron chi connectivity index (χ1n) is 5.53. The van der Waals surface area contributed by atoms with Gasteiger partial charge in [-0.05, 0) is 0 Å². The van der Waals surface area contributed by atoms with Crippen molar-refractivity contribution in [3.63, 3.8) is 0 Å². The molecular formula is C14H23Sb. The zero-order valence-corrected chi connectivity index (χ0v) is 14.1. The Morgan fingerprint density at radius 2 is 1.40 bits per heavy atom. The van der Waals surface area contributed by atoms with Crippen LogP contribution >= 0.6 is 0 Å². The van der Waals surface area contributed by atoms with Gasteiger partial charge >= 0.3 is 108 Å². The molecule has 0 spiro atoms. The van der Waals surface area contributed by atoms with Crippen LogP contribution in [0.4, 0.5) is 0 Å². The molecule has 0 heterocycles. The zero-order chi connectivity index (χ0) is 11.9. The topological polar surface area (TPSA) is 0 Å². The second kappa shape index (κ2) is 4.13. The summed E-state index contributed by atoms with van der Waals surface area (Å²) < 4.78 is 1.54. The van der Waals surface area contributed by atoms with Gasteiger partial charge in [-0.3, -0.25) is 0 Å². The molecule has 0 radical (unpaired) electrons. The third kappa shape index (κ3) is 3.00. The molecule has 1 aromatic rings. The molecule has 0 atom stereocenters. The van der Waals surface area contributed by atoms with E-state index in [2.05, 4.69) is 59.7 Å². The van der Waals surface area contributed by atoms with Crippen LogP contribution in [0.5, 0.6) is 0 Å². The summed E-state index contributed by atoms with van der Waals surface area (Å²) in [5, 5.41) is 0. The predicted molar refractivity (Wildman–Crippen MR) is 72.0 cm³/mol. The monoisotopic (exact) mass is 312 g/mol. The molecule has 84 valence electrons. The number of hydrogen-bond acceptors (Lipinski definition) is 0. The maximum absolute atomic E-state index is 2.32. The van der Waals surface area contributed by atoms with Crippen LogP contribution in [0.15, 0.2) is 18.2 Å². The Morgan fingerprint density at radius 3 is 1.73 bits per heavy atom. The van der Waals surface area contributed by atoms with Gasteiger partial charge in [-0.2, -0.15) is 0 Å². The summed E-state index contributed by atoms with van der Waals surface area (Å²) in [6.07, 6.45) is 0. The van der Waals surface area contributed by atoms with E-state index in [0.29, 0.717) is 0 Å². The van der Waals surface area contributed by atoms with E-state index < -0.39 is 0 Å². The fraction of sp³-hybridized carbons (Fsp3) is 0.571. The standard InChI is InChI=1S/C14H21.Sb.2H/c1-13(2,3)11-9-7-8-10-12(11)14(4,5)6;;;/h7-9H,1-6H3;;;. The van der Waals surface area contributed by atoms with Crippen LogP contribution in [-0.2, 0) is 10.8 Å². The maximum atomic E-state index is 2.32. The first kappa shape index (κ1) is 13.1. The van der Waals surface area contributed by atoms with E-state index in [0.717, 1.165) is 0 Å². The molecule has 0 nitrogen and oxygen atoms in total. The first-order valence-corrected chi connectivity index (χ1v) is 7.18. The van der Waals surface area contributed by atoms with Crippen molar-refractivity contribution in [3.05, 3.63) is 29.3 Å². The van der Waals surface area contributed by atoms with E-state index >= 15 is 0 Å². The molecule has 1 rings (SSSR count). The van der Waals surface area contributed by atoms with E-state index in [4.69, 9.17) is 0 Å². The number of hydrogen-bond donors (Lipinski definition) is 0. The van der Waals surface area contributed by atoms with Crippen LogP contribution in [0.1, 0.15) is 52.7 Å². The van der Waals surface area contributed by atoms with Crippen LogP contribution < -0.4 is 3.51 Å². The molecule has 0 saturated heterocycles. The first-order chi connectivity index (χ1) is 6.64. The average molecular weight is 313 g/mol. The van der Waals surface area contributed by atoms with Gasteiger partial charge in [0, 0.05) is 0 Å². The van der Waals surface area contributed by atoms with Crippen molar-refractivity contribution in [1.82, 2.24) is 0 Å². The molecule has 0 unspecified atom stereocenters. The van der Waals surface area contributed by atoms with Gasteiger partial charge in [0.15, 0.2) is 0 Å². The Balaban J connectivity index is 3.48. The summed E-state index contributed by atoms with van der Waals surface area (Å²) in [6.45, 7) is 13.9. The normalized spacial score (nSPS) is 13.0. The van der Waals surface area contributed by atoms with Gasteiger partial charge in [-0.25, -0.2) is 0 Å². The van der Waals surface area contributed by atoms with Crippen molar-refractivity contribution in [2.75, 3.05) is 0 Å². The molecule has 1 heteroatoms. The van der Waals surface area contributed by atoms with Gasteiger partial charge in [0.05, 0.1) is 0 Å². The summed E-state index contributed by atoms with van der Waals surface area (Å²) >= 11 is 1.21. The van der Waals surface area contributed by atoms with E-state index in [1.54, 1.807) is 9.07 Å². The van der Waals surface area contributed by atoms with Crippen molar-refractivity contribution in [2.24, 2.45) is 0 Å². The summed E-state index contributed by atoms with van der Waals surface area (Å²) in [6, 6.07) is 6.77. The zero-order valence-electron chi connectivity index (χ0n) is 10.8. The van der Waals surface area contributed by atoms with Crippen LogP contribution in [0.2, 0.25) is 0 Å². The molecule has 1 aromatic carbocycles. The molecule has 0 amide bonds. The second-order valence-corrected chi connectivity index (χ2v) is 8.05. The molecule has 0 bridgehead atoms. The molecule has 15 heavy (non-hydrogen) atoms. The summed E-state index contributed by atoms with van der Waals surface area (Å²) in [7, 11) is 0. The van der Waals surface area contributed by atoms with Crippen molar-refractivity contribution in [1.29, 1.82) is 0 Å². The van der Waals surface area contributed by atoms with Gasteiger partial charge in [0.2, 0.25) is 0 Å². The fourth-order valence-corrected chi connectivity index (χ4v) is 4.03. The van der Waals surface area contributed by atoms with E-state index in [1.165, 1.54) is 28.6 Å². The molecule has 0 aliphatic heterocycles. The van der Waals surface area contributed by atoms with E-state index in [9.17, 15) is 0 Å². The van der Waals surface area contributed by atoms with E-state index in [-0.39, 0.29) is 10.8 Å². The Morgan fingerprint density at radius 1 is 0.867 bits per heavy atom. The third-order valence-electron chi connectivity index (χ3n) is 2.65. The van der Waals surface area contributed by atoms with Gasteiger partial charge < -0.3 is 0 Å². The predicted octanol–water partition coefficient (Wildman–Crippen LogP) is 2.54. The van der Waals surface area contributed by atoms with Crippen molar-refractivity contribution in [2.45, 2.75) is 52.4 Å². The van der Waals surface area contributed by atoms with Crippen molar-refractivity contribution < 1.29 is 0 Å². The SMILES string of the molecule is CC(C)(C)c1ccc[c]([SbH2])c1C(C)(C)C. The van der Waals surface area contributed by atoms with Gasteiger partial charge in [0.25, 0.3) is 0 Å². The average Bonchev–Trinajstić information content (AvgIpc) is 1.99. The summed E-state index contributed by atoms with van der Waals surface area (Å²) in [5.41, 5.74) is 3.60. The van der Waals surface area contributed by atoms with Gasteiger partial charge in [-0.1, -0.05) is 0 Å². The number of rotatable bonds is 0. The van der Waals surface area contributed by atoms with Crippen LogP contribution in [0, 0.1) is 0 Å². The Kier molecular flexibility index (Phi) is 3.61. The molecule has 0 N–H and O–H groups in total. The molecule has 0 aliphatic rings. The van der Waals surface area contributed by atoms with Crippen molar-refractivity contribution >= 4 is 26.5 Å². The summed E-state index contributed by atoms with van der Waals surface area (Å²) in [5.74, 6) is 0. The van der Waals surface area contributed by atoms with Crippen LogP contribution in [0.25, 0.3) is 0 Å². The number of benzene rings is 1. The Labute approximate surface area is 108 Å². The Bertz CT molecular complexity index is 351. The van der Waals surface area contributed by atoms with Crippen LogP contribution in [-0.4, -0.2) is 23.0 Å². The van der Waals surface area contributed by atoms with E-state index in [1.807, 2.05) is 0 Å². The second-order valence-electron chi connectivity index (χ2n) is 6.27. The Hall–Kier alpha value is 0.0382. The minimum absolute atomic E-state index is 0.252. The van der Waals surface area contributed by atoms with Gasteiger partial charge in [0.1, 0.15) is 0 Å². The van der Waals surface area contributed by atoms with Crippen molar-refractivity contribution in [3.8, 4) is 0 Å². The fourth-order valence-electron chi connectivity index (χ4n) is 2.03. The molecular weight excluding hydrogens is 290 g/mol. The quantitative estimate of drug-likeness (QED) is 0.646. The third-order valence-corrected chi connectivity index (χ3v) is 4.03.